The summed E-state index contributed by atoms with van der Waals surface area (Å²) in [5.74, 6) is 0.134. The minimum absolute atomic E-state index is 0.0153. The monoisotopic (exact) mass is 483 g/mol. The number of anilines is 1. The zero-order valence-electron chi connectivity index (χ0n) is 15.9. The fourth-order valence-electron chi connectivity index (χ4n) is 3.62. The van der Waals surface area contributed by atoms with E-state index >= 15 is 0 Å². The number of rotatable bonds is 3. The highest BCUT2D eigenvalue weighted by Crippen LogP contribution is 2.42. The molecule has 1 aliphatic heterocycles. The number of halogens is 1. The molecule has 0 spiro atoms. The molecule has 0 fully saturated rings. The normalized spacial score (nSPS) is 15.6. The molecule has 2 aromatic heterocycles. The van der Waals surface area contributed by atoms with Gasteiger partial charge in [0, 0.05) is 10.5 Å². The SMILES string of the molecule is COc1ccc2c(=O)c3c(oc2c1)C(=O)N(c1nnc(C)s1)[C@H]3c1ccc(Br)cc1. The van der Waals surface area contributed by atoms with Gasteiger partial charge >= 0.3 is 0 Å². The maximum Gasteiger partial charge on any atom is 0.297 e. The van der Waals surface area contributed by atoms with Gasteiger partial charge in [0.05, 0.1) is 24.1 Å². The van der Waals surface area contributed by atoms with E-state index in [0.29, 0.717) is 27.4 Å². The largest absolute Gasteiger partial charge is 0.497 e. The third kappa shape index (κ3) is 2.85. The van der Waals surface area contributed by atoms with Crippen molar-refractivity contribution in [2.24, 2.45) is 0 Å². The van der Waals surface area contributed by atoms with Crippen molar-refractivity contribution in [3.63, 3.8) is 0 Å². The van der Waals surface area contributed by atoms with Gasteiger partial charge in [-0.15, -0.1) is 10.2 Å². The number of fused-ring (bicyclic) bond motifs is 2. The number of nitrogens with zero attached hydrogens (tertiary/aromatic N) is 3. The first kappa shape index (κ1) is 19.0. The van der Waals surface area contributed by atoms with E-state index in [9.17, 15) is 9.59 Å². The van der Waals surface area contributed by atoms with E-state index in [1.54, 1.807) is 18.2 Å². The van der Waals surface area contributed by atoms with Gasteiger partial charge in [0.2, 0.25) is 10.9 Å². The number of hydrogen-bond acceptors (Lipinski definition) is 7. The van der Waals surface area contributed by atoms with Crippen LogP contribution in [-0.2, 0) is 0 Å². The molecular formula is C21H14BrN3O4S. The third-order valence-electron chi connectivity index (χ3n) is 4.99. The van der Waals surface area contributed by atoms with Crippen LogP contribution in [0.3, 0.4) is 0 Å². The molecule has 0 saturated carbocycles. The fourth-order valence-corrected chi connectivity index (χ4v) is 4.60. The highest BCUT2D eigenvalue weighted by molar-refractivity contribution is 9.10. The summed E-state index contributed by atoms with van der Waals surface area (Å²) in [6.07, 6.45) is 0. The molecule has 1 atom stereocenters. The number of carbonyl (C=O) groups is 1. The second-order valence-electron chi connectivity index (χ2n) is 6.77. The molecule has 150 valence electrons. The lowest BCUT2D eigenvalue weighted by atomic mass is 9.99. The van der Waals surface area contributed by atoms with Crippen LogP contribution in [0.15, 0.2) is 56.1 Å². The minimum atomic E-state index is -0.657. The van der Waals surface area contributed by atoms with Crippen LogP contribution in [0.1, 0.15) is 32.7 Å². The van der Waals surface area contributed by atoms with Crippen LogP contribution in [-0.4, -0.2) is 23.2 Å². The smallest absolute Gasteiger partial charge is 0.297 e. The van der Waals surface area contributed by atoms with Crippen molar-refractivity contribution in [1.29, 1.82) is 0 Å². The number of carbonyl (C=O) groups excluding carboxylic acids is 1. The van der Waals surface area contributed by atoms with E-state index < -0.39 is 11.9 Å². The molecule has 0 unspecified atom stereocenters. The summed E-state index contributed by atoms with van der Waals surface area (Å²) in [6, 6.07) is 11.8. The van der Waals surface area contributed by atoms with Gasteiger partial charge in [0.25, 0.3) is 5.91 Å². The van der Waals surface area contributed by atoms with Crippen molar-refractivity contribution < 1.29 is 13.9 Å². The van der Waals surface area contributed by atoms with E-state index in [1.807, 2.05) is 31.2 Å². The molecule has 0 aliphatic carbocycles. The van der Waals surface area contributed by atoms with Crippen LogP contribution >= 0.6 is 27.3 Å². The number of amides is 1. The molecule has 1 aliphatic rings. The van der Waals surface area contributed by atoms with Crippen molar-refractivity contribution in [3.05, 3.63) is 79.1 Å². The molecule has 0 radical (unpaired) electrons. The first-order chi connectivity index (χ1) is 14.5. The number of aromatic nitrogens is 2. The number of methoxy groups -OCH3 is 1. The van der Waals surface area contributed by atoms with Crippen LogP contribution in [0.25, 0.3) is 11.0 Å². The summed E-state index contributed by atoms with van der Waals surface area (Å²) >= 11 is 4.72. The summed E-state index contributed by atoms with van der Waals surface area (Å²) in [4.78, 5) is 28.4. The van der Waals surface area contributed by atoms with Crippen LogP contribution in [0.5, 0.6) is 5.75 Å². The number of benzene rings is 2. The van der Waals surface area contributed by atoms with Crippen molar-refractivity contribution in [1.82, 2.24) is 10.2 Å². The second-order valence-corrected chi connectivity index (χ2v) is 8.84. The number of ether oxygens (including phenoxy) is 1. The van der Waals surface area contributed by atoms with Gasteiger partial charge in [-0.05, 0) is 36.8 Å². The molecule has 4 aromatic rings. The summed E-state index contributed by atoms with van der Waals surface area (Å²) in [7, 11) is 1.53. The van der Waals surface area contributed by atoms with Gasteiger partial charge < -0.3 is 9.15 Å². The van der Waals surface area contributed by atoms with Gasteiger partial charge in [-0.2, -0.15) is 0 Å². The molecule has 0 N–H and O–H groups in total. The van der Waals surface area contributed by atoms with Gasteiger partial charge in [0.1, 0.15) is 16.3 Å². The van der Waals surface area contributed by atoms with E-state index in [0.717, 1.165) is 15.0 Å². The molecule has 0 bridgehead atoms. The summed E-state index contributed by atoms with van der Waals surface area (Å²) < 4.78 is 12.1. The van der Waals surface area contributed by atoms with Crippen molar-refractivity contribution in [2.45, 2.75) is 13.0 Å². The highest BCUT2D eigenvalue weighted by Gasteiger charge is 2.45. The predicted octanol–water partition coefficient (Wildman–Crippen LogP) is 4.47. The van der Waals surface area contributed by atoms with Crippen LogP contribution in [0.2, 0.25) is 0 Å². The Hall–Kier alpha value is -3.04. The highest BCUT2D eigenvalue weighted by atomic mass is 79.9. The summed E-state index contributed by atoms with van der Waals surface area (Å²) in [5, 5.41) is 9.72. The standard InChI is InChI=1S/C21H14BrN3O4S/c1-10-23-24-21(30-10)25-17(11-3-5-12(22)6-4-11)16-18(26)14-8-7-13(28-2)9-15(14)29-19(16)20(25)27/h3-9,17H,1-2H3/t17-/m0/s1. The van der Waals surface area contributed by atoms with Gasteiger partial charge in [0.15, 0.2) is 5.43 Å². The molecular weight excluding hydrogens is 470 g/mol. The predicted molar refractivity (Wildman–Crippen MR) is 116 cm³/mol. The lowest BCUT2D eigenvalue weighted by Crippen LogP contribution is -2.29. The van der Waals surface area contributed by atoms with E-state index in [2.05, 4.69) is 26.1 Å². The Kier molecular flexibility index (Phi) is 4.44. The lowest BCUT2D eigenvalue weighted by Gasteiger charge is -2.22. The molecule has 5 rings (SSSR count). The van der Waals surface area contributed by atoms with Crippen molar-refractivity contribution in [3.8, 4) is 5.75 Å². The van der Waals surface area contributed by atoms with Crippen molar-refractivity contribution >= 4 is 49.3 Å². The minimum Gasteiger partial charge on any atom is -0.497 e. The zero-order chi connectivity index (χ0) is 21.0. The van der Waals surface area contributed by atoms with Crippen LogP contribution < -0.4 is 15.1 Å². The topological polar surface area (TPSA) is 85.5 Å². The molecule has 3 heterocycles. The Labute approximate surface area is 183 Å². The Balaban J connectivity index is 1.80. The Morgan fingerprint density at radius 1 is 1.13 bits per heavy atom. The van der Waals surface area contributed by atoms with Crippen LogP contribution in [0, 0.1) is 6.92 Å². The van der Waals surface area contributed by atoms with E-state index in [1.165, 1.54) is 23.3 Å². The average molecular weight is 484 g/mol. The van der Waals surface area contributed by atoms with E-state index in [-0.39, 0.29) is 11.2 Å². The molecule has 0 saturated heterocycles. The first-order valence-electron chi connectivity index (χ1n) is 9.02. The molecule has 30 heavy (non-hydrogen) atoms. The summed E-state index contributed by atoms with van der Waals surface area (Å²) in [5.41, 5.74) is 1.13. The maximum absolute atomic E-state index is 13.5. The second kappa shape index (κ2) is 7.03. The van der Waals surface area contributed by atoms with Crippen LogP contribution in [0.4, 0.5) is 5.13 Å². The van der Waals surface area contributed by atoms with Gasteiger partial charge in [-0.1, -0.05) is 39.4 Å². The molecule has 9 heteroatoms. The Morgan fingerprint density at radius 2 is 1.90 bits per heavy atom. The van der Waals surface area contributed by atoms with Gasteiger partial charge in [-0.3, -0.25) is 14.5 Å². The fraction of sp³-hybridized carbons (Fsp3) is 0.143. The third-order valence-corrected chi connectivity index (χ3v) is 6.35. The molecule has 2 aromatic carbocycles. The Bertz CT molecular complexity index is 1360. The first-order valence-corrected chi connectivity index (χ1v) is 10.6. The summed E-state index contributed by atoms with van der Waals surface area (Å²) in [6.45, 7) is 1.81. The quantitative estimate of drug-likeness (QED) is 0.427. The molecule has 1 amide bonds. The molecule has 7 nitrogen and oxygen atoms in total. The lowest BCUT2D eigenvalue weighted by molar-refractivity contribution is 0.0970. The zero-order valence-corrected chi connectivity index (χ0v) is 18.3. The average Bonchev–Trinajstić information content (AvgIpc) is 3.29. The van der Waals surface area contributed by atoms with Crippen molar-refractivity contribution in [2.75, 3.05) is 12.0 Å². The van der Waals surface area contributed by atoms with Gasteiger partial charge in [-0.25, -0.2) is 0 Å². The Morgan fingerprint density at radius 3 is 2.57 bits per heavy atom. The maximum atomic E-state index is 13.5. The van der Waals surface area contributed by atoms with E-state index in [4.69, 9.17) is 9.15 Å². The number of aryl methyl sites for hydroxylation is 1. The number of hydrogen-bond donors (Lipinski definition) is 0.